The molecule has 1 aromatic carbocycles. The highest BCUT2D eigenvalue weighted by molar-refractivity contribution is 7.89. The lowest BCUT2D eigenvalue weighted by Gasteiger charge is -2.28. The lowest BCUT2D eigenvalue weighted by atomic mass is 10.0. The fraction of sp³-hybridized carbons (Fsp3) is 0.385. The van der Waals surface area contributed by atoms with Crippen molar-refractivity contribution in [3.63, 3.8) is 0 Å². The fourth-order valence-corrected chi connectivity index (χ4v) is 7.64. The highest BCUT2D eigenvalue weighted by Crippen LogP contribution is 2.35. The molecule has 3 atom stereocenters. The molecule has 2 fully saturated rings. The summed E-state index contributed by atoms with van der Waals surface area (Å²) in [7, 11) is -3.96. The lowest BCUT2D eigenvalue weighted by Crippen LogP contribution is -2.53. The Morgan fingerprint density at radius 2 is 2.00 bits per heavy atom. The van der Waals surface area contributed by atoms with Crippen molar-refractivity contribution in [1.29, 1.82) is 0 Å². The number of carbonyl (C=O) groups is 3. The van der Waals surface area contributed by atoms with E-state index in [9.17, 15) is 22.8 Å². The summed E-state index contributed by atoms with van der Waals surface area (Å²) in [5.74, 6) is -0.702. The first-order valence-corrected chi connectivity index (χ1v) is 14.6. The second kappa shape index (κ2) is 10.4. The van der Waals surface area contributed by atoms with E-state index >= 15 is 0 Å². The number of hydrogen-bond acceptors (Lipinski definition) is 8. The summed E-state index contributed by atoms with van der Waals surface area (Å²) >= 11 is 1.32. The molecule has 5 rings (SSSR count). The number of aromatic nitrogens is 1. The molecule has 0 aliphatic carbocycles. The van der Waals surface area contributed by atoms with Crippen molar-refractivity contribution in [2.24, 2.45) is 5.92 Å². The second-order valence-corrected chi connectivity index (χ2v) is 12.8. The van der Waals surface area contributed by atoms with Crippen molar-refractivity contribution in [2.45, 2.75) is 49.7 Å². The third kappa shape index (κ3) is 5.03. The van der Waals surface area contributed by atoms with Gasteiger partial charge in [-0.25, -0.2) is 13.2 Å². The SMILES string of the molecule is CC(C)CC(NC(=O)Oc1cc2ccccc2s1)C(=O)N1CCC2C1C(=O)CN2S(=O)(=O)c1cccnc1. The van der Waals surface area contributed by atoms with Crippen LogP contribution in [0.4, 0.5) is 4.79 Å². The van der Waals surface area contributed by atoms with E-state index < -0.39 is 40.1 Å². The molecule has 3 unspecified atom stereocenters. The van der Waals surface area contributed by atoms with Gasteiger partial charge < -0.3 is 15.0 Å². The number of ketones is 1. The van der Waals surface area contributed by atoms with Crippen molar-refractivity contribution in [3.05, 3.63) is 54.9 Å². The molecular formula is C26H28N4O6S2. The van der Waals surface area contributed by atoms with Gasteiger partial charge in [0.05, 0.1) is 12.6 Å². The van der Waals surface area contributed by atoms with Gasteiger partial charge in [-0.3, -0.25) is 14.6 Å². The van der Waals surface area contributed by atoms with E-state index in [1.54, 1.807) is 6.07 Å². The maximum absolute atomic E-state index is 13.7. The summed E-state index contributed by atoms with van der Waals surface area (Å²) in [6.07, 6.45) is 2.61. The highest BCUT2D eigenvalue weighted by Gasteiger charge is 2.54. The minimum absolute atomic E-state index is 0.00145. The Balaban J connectivity index is 1.31. The summed E-state index contributed by atoms with van der Waals surface area (Å²) in [6.45, 7) is 3.75. The maximum Gasteiger partial charge on any atom is 0.414 e. The molecule has 2 saturated heterocycles. The number of carbonyl (C=O) groups excluding carboxylic acids is 3. The van der Waals surface area contributed by atoms with Crippen LogP contribution in [-0.2, 0) is 19.6 Å². The summed E-state index contributed by atoms with van der Waals surface area (Å²) in [4.78, 5) is 44.8. The van der Waals surface area contributed by atoms with Crippen molar-refractivity contribution in [2.75, 3.05) is 13.1 Å². The molecule has 2 aliphatic rings. The van der Waals surface area contributed by atoms with Gasteiger partial charge in [-0.2, -0.15) is 4.31 Å². The van der Waals surface area contributed by atoms with Crippen LogP contribution in [0.3, 0.4) is 0 Å². The third-order valence-electron chi connectivity index (χ3n) is 6.80. The number of thiophene rings is 1. The molecular weight excluding hydrogens is 528 g/mol. The first-order chi connectivity index (χ1) is 18.1. The third-order valence-corrected chi connectivity index (χ3v) is 9.64. The Morgan fingerprint density at radius 3 is 2.71 bits per heavy atom. The predicted molar refractivity (Wildman–Crippen MR) is 141 cm³/mol. The average molecular weight is 557 g/mol. The number of Topliss-reactive ketones (excluding diaryl/α,β-unsaturated/α-hetero) is 1. The van der Waals surface area contributed by atoms with Crippen LogP contribution in [0.2, 0.25) is 0 Å². The number of benzene rings is 1. The van der Waals surface area contributed by atoms with Gasteiger partial charge in [0, 0.05) is 29.7 Å². The number of rotatable bonds is 7. The summed E-state index contributed by atoms with van der Waals surface area (Å²) in [5.41, 5.74) is 0. The van der Waals surface area contributed by atoms with Crippen molar-refractivity contribution in [1.82, 2.24) is 19.5 Å². The normalized spacial score (nSPS) is 20.6. The first kappa shape index (κ1) is 26.3. The number of pyridine rings is 1. The van der Waals surface area contributed by atoms with Crippen LogP contribution in [0.25, 0.3) is 10.1 Å². The molecule has 200 valence electrons. The molecule has 38 heavy (non-hydrogen) atoms. The fourth-order valence-electron chi connectivity index (χ4n) is 5.14. The summed E-state index contributed by atoms with van der Waals surface area (Å²) in [5, 5.41) is 4.04. The van der Waals surface area contributed by atoms with E-state index in [4.69, 9.17) is 4.74 Å². The molecule has 0 radical (unpaired) electrons. The van der Waals surface area contributed by atoms with E-state index in [2.05, 4.69) is 10.3 Å². The van der Waals surface area contributed by atoms with Crippen molar-refractivity contribution >= 4 is 49.2 Å². The van der Waals surface area contributed by atoms with E-state index in [0.29, 0.717) is 17.9 Å². The molecule has 2 aliphatic heterocycles. The zero-order valence-corrected chi connectivity index (χ0v) is 22.6. The van der Waals surface area contributed by atoms with E-state index in [-0.39, 0.29) is 29.7 Å². The molecule has 0 bridgehead atoms. The number of sulfonamides is 1. The molecule has 12 heteroatoms. The summed E-state index contributed by atoms with van der Waals surface area (Å²) in [6, 6.07) is 9.87. The highest BCUT2D eigenvalue weighted by atomic mass is 32.2. The van der Waals surface area contributed by atoms with Crippen LogP contribution in [-0.4, -0.2) is 71.6 Å². The zero-order valence-electron chi connectivity index (χ0n) is 20.9. The van der Waals surface area contributed by atoms with Gasteiger partial charge in [-0.05, 0) is 42.3 Å². The molecule has 0 saturated carbocycles. The second-order valence-electron chi connectivity index (χ2n) is 9.86. The predicted octanol–water partition coefficient (Wildman–Crippen LogP) is 3.04. The smallest absolute Gasteiger partial charge is 0.399 e. The summed E-state index contributed by atoms with van der Waals surface area (Å²) < 4.78 is 34.1. The van der Waals surface area contributed by atoms with Crippen LogP contribution in [0.15, 0.2) is 59.8 Å². The Kier molecular flexibility index (Phi) is 7.21. The Labute approximate surface area is 224 Å². The van der Waals surface area contributed by atoms with Gasteiger partial charge in [-0.1, -0.05) is 43.4 Å². The topological polar surface area (TPSA) is 126 Å². The van der Waals surface area contributed by atoms with Gasteiger partial charge >= 0.3 is 6.09 Å². The first-order valence-electron chi connectivity index (χ1n) is 12.4. The van der Waals surface area contributed by atoms with E-state index in [0.717, 1.165) is 10.1 Å². The van der Waals surface area contributed by atoms with Gasteiger partial charge in [0.2, 0.25) is 15.9 Å². The van der Waals surface area contributed by atoms with E-state index in [1.165, 1.54) is 45.1 Å². The molecule has 3 aromatic rings. The van der Waals surface area contributed by atoms with Crippen molar-refractivity contribution < 1.29 is 27.5 Å². The average Bonchev–Trinajstić information content (AvgIpc) is 3.58. The molecule has 1 N–H and O–H groups in total. The van der Waals surface area contributed by atoms with Gasteiger partial charge in [-0.15, -0.1) is 0 Å². The van der Waals surface area contributed by atoms with Crippen LogP contribution < -0.4 is 10.1 Å². The van der Waals surface area contributed by atoms with Crippen LogP contribution in [0.5, 0.6) is 5.06 Å². The van der Waals surface area contributed by atoms with E-state index in [1.807, 2.05) is 38.1 Å². The monoisotopic (exact) mass is 556 g/mol. The van der Waals surface area contributed by atoms with Crippen LogP contribution >= 0.6 is 11.3 Å². The Morgan fingerprint density at radius 1 is 1.21 bits per heavy atom. The number of ether oxygens (including phenoxy) is 1. The minimum Gasteiger partial charge on any atom is -0.399 e. The standard InChI is InChI=1S/C26H28N4O6S2/c1-16(2)12-19(28-26(33)36-23-13-17-6-3-4-8-22(17)37-23)25(32)29-11-9-20-24(29)21(31)15-30(20)38(34,35)18-7-5-10-27-14-18/h3-8,10,13-14,16,19-20,24H,9,11-12,15H2,1-2H3,(H,28,33). The van der Waals surface area contributed by atoms with Gasteiger partial charge in [0.25, 0.3) is 0 Å². The maximum atomic E-state index is 13.7. The van der Waals surface area contributed by atoms with Crippen molar-refractivity contribution in [3.8, 4) is 5.06 Å². The Bertz CT molecular complexity index is 1440. The quantitative estimate of drug-likeness (QED) is 0.474. The molecule has 2 aromatic heterocycles. The molecule has 0 spiro atoms. The zero-order chi connectivity index (χ0) is 27.0. The van der Waals surface area contributed by atoms with Gasteiger partial charge in [0.1, 0.15) is 17.0 Å². The number of fused-ring (bicyclic) bond motifs is 2. The Hall–Kier alpha value is -3.35. The van der Waals surface area contributed by atoms with Crippen LogP contribution in [0, 0.1) is 5.92 Å². The minimum atomic E-state index is -3.96. The molecule has 2 amide bonds. The van der Waals surface area contributed by atoms with Gasteiger partial charge in [0.15, 0.2) is 10.8 Å². The molecule has 4 heterocycles. The number of nitrogens with zero attached hydrogens (tertiary/aromatic N) is 3. The number of nitrogens with one attached hydrogen (secondary N) is 1. The number of likely N-dealkylation sites (tertiary alicyclic amines) is 1. The number of hydrogen-bond donors (Lipinski definition) is 1. The molecule has 10 nitrogen and oxygen atoms in total. The largest absolute Gasteiger partial charge is 0.414 e. The lowest BCUT2D eigenvalue weighted by molar-refractivity contribution is -0.138. The number of amides is 2. The van der Waals surface area contributed by atoms with Crippen LogP contribution in [0.1, 0.15) is 26.7 Å².